The number of rotatable bonds is 4. The molecule has 1 saturated heterocycles. The largest absolute Gasteiger partial charge is 0.450 e. The summed E-state index contributed by atoms with van der Waals surface area (Å²) in [6, 6.07) is 8.99. The van der Waals surface area contributed by atoms with Gasteiger partial charge in [0.1, 0.15) is 12.3 Å². The van der Waals surface area contributed by atoms with Gasteiger partial charge in [0.25, 0.3) is 11.1 Å². The van der Waals surface area contributed by atoms with Gasteiger partial charge in [-0.3, -0.25) is 19.3 Å². The summed E-state index contributed by atoms with van der Waals surface area (Å²) in [4.78, 5) is 37.9. The minimum Gasteiger partial charge on any atom is -0.450 e. The van der Waals surface area contributed by atoms with E-state index in [9.17, 15) is 14.4 Å². The molecule has 1 N–H and O–H groups in total. The van der Waals surface area contributed by atoms with E-state index in [-0.39, 0.29) is 11.4 Å². The van der Waals surface area contributed by atoms with E-state index in [0.29, 0.717) is 15.2 Å². The summed E-state index contributed by atoms with van der Waals surface area (Å²) in [5.74, 6) is -0.493. The Balaban J connectivity index is 1.69. The molecule has 3 rings (SSSR count). The average Bonchev–Trinajstić information content (AvgIpc) is 3.01. The molecule has 26 heavy (non-hydrogen) atoms. The summed E-state index contributed by atoms with van der Waals surface area (Å²) >= 11 is 6.11. The van der Waals surface area contributed by atoms with Crippen molar-refractivity contribution in [1.82, 2.24) is 4.90 Å². The summed E-state index contributed by atoms with van der Waals surface area (Å²) in [6.07, 6.45) is 1.50. The minimum atomic E-state index is -0.512. The normalized spacial score (nSPS) is 15.8. The first-order valence-corrected chi connectivity index (χ1v) is 10.1. The Morgan fingerprint density at radius 3 is 2.81 bits per heavy atom. The van der Waals surface area contributed by atoms with Crippen LogP contribution in [0.1, 0.15) is 11.3 Å². The first kappa shape index (κ1) is 19.2. The highest BCUT2D eigenvalue weighted by Crippen LogP contribution is 2.33. The third-order valence-corrected chi connectivity index (χ3v) is 6.45. The standard InChI is InChI=1S/C17H12BrIN2O4S/c1-9-3-2-4-10(5-9)20-14(22)8-21-16(23)13(26-17(21)24)7-11-6-12(18)15(19)25-11/h2-7H,8H2,1H3,(H,20,22)/b13-7-. The molecule has 0 saturated carbocycles. The summed E-state index contributed by atoms with van der Waals surface area (Å²) in [7, 11) is 0. The van der Waals surface area contributed by atoms with Crippen molar-refractivity contribution >= 4 is 79.1 Å². The van der Waals surface area contributed by atoms with Crippen LogP contribution in [0, 0.1) is 10.7 Å². The molecule has 134 valence electrons. The molecule has 1 aromatic carbocycles. The molecule has 1 fully saturated rings. The van der Waals surface area contributed by atoms with E-state index in [4.69, 9.17) is 4.42 Å². The van der Waals surface area contributed by atoms with E-state index < -0.39 is 17.1 Å². The summed E-state index contributed by atoms with van der Waals surface area (Å²) in [5, 5.41) is 2.20. The summed E-state index contributed by atoms with van der Waals surface area (Å²) < 4.78 is 6.86. The Kier molecular flexibility index (Phi) is 5.88. The van der Waals surface area contributed by atoms with E-state index in [1.165, 1.54) is 6.08 Å². The second-order valence-electron chi connectivity index (χ2n) is 5.46. The Hall–Kier alpha value is -1.59. The van der Waals surface area contributed by atoms with Crippen LogP contribution in [0.5, 0.6) is 0 Å². The second-order valence-corrected chi connectivity index (χ2v) is 8.28. The Morgan fingerprint density at radius 2 is 2.15 bits per heavy atom. The quantitative estimate of drug-likeness (QED) is 0.447. The Labute approximate surface area is 175 Å². The van der Waals surface area contributed by atoms with Gasteiger partial charge in [0, 0.05) is 34.4 Å². The molecular weight excluding hydrogens is 535 g/mol. The number of nitrogens with zero attached hydrogens (tertiary/aromatic N) is 1. The number of hydrogen-bond donors (Lipinski definition) is 1. The molecule has 1 aliphatic rings. The van der Waals surface area contributed by atoms with Crippen molar-refractivity contribution in [2.24, 2.45) is 0 Å². The molecule has 0 aliphatic carbocycles. The zero-order valence-electron chi connectivity index (χ0n) is 13.4. The highest BCUT2D eigenvalue weighted by molar-refractivity contribution is 14.1. The van der Waals surface area contributed by atoms with Gasteiger partial charge in [0.2, 0.25) is 5.91 Å². The van der Waals surface area contributed by atoms with E-state index >= 15 is 0 Å². The lowest BCUT2D eigenvalue weighted by molar-refractivity contribution is -0.127. The topological polar surface area (TPSA) is 79.6 Å². The van der Waals surface area contributed by atoms with Gasteiger partial charge in [-0.1, -0.05) is 12.1 Å². The van der Waals surface area contributed by atoms with Crippen molar-refractivity contribution in [3.63, 3.8) is 0 Å². The van der Waals surface area contributed by atoms with Crippen molar-refractivity contribution < 1.29 is 18.8 Å². The lowest BCUT2D eigenvalue weighted by Crippen LogP contribution is -2.36. The fourth-order valence-corrected chi connectivity index (χ4v) is 3.80. The molecule has 1 aromatic heterocycles. The molecule has 9 heteroatoms. The molecular formula is C17H12BrIN2O4S. The van der Waals surface area contributed by atoms with Crippen molar-refractivity contribution in [1.29, 1.82) is 0 Å². The van der Waals surface area contributed by atoms with Crippen LogP contribution in [-0.4, -0.2) is 28.5 Å². The van der Waals surface area contributed by atoms with Crippen LogP contribution in [0.4, 0.5) is 10.5 Å². The molecule has 0 unspecified atom stereocenters. The number of halogens is 2. The number of aryl methyl sites for hydroxylation is 1. The van der Waals surface area contributed by atoms with Gasteiger partial charge in [0.15, 0.2) is 3.77 Å². The Morgan fingerprint density at radius 1 is 1.38 bits per heavy atom. The van der Waals surface area contributed by atoms with Crippen LogP contribution in [0.2, 0.25) is 0 Å². The van der Waals surface area contributed by atoms with Crippen LogP contribution in [-0.2, 0) is 9.59 Å². The van der Waals surface area contributed by atoms with Crippen LogP contribution in [0.25, 0.3) is 6.08 Å². The number of hydrogen-bond acceptors (Lipinski definition) is 5. The first-order chi connectivity index (χ1) is 12.3. The zero-order valence-corrected chi connectivity index (χ0v) is 18.0. The molecule has 3 amide bonds. The number of furan rings is 1. The van der Waals surface area contributed by atoms with E-state index in [1.54, 1.807) is 12.1 Å². The van der Waals surface area contributed by atoms with Gasteiger partial charge in [0.05, 0.1) is 9.38 Å². The van der Waals surface area contributed by atoms with E-state index in [1.807, 2.05) is 47.7 Å². The predicted octanol–water partition coefficient (Wildman–Crippen LogP) is 4.63. The number of benzene rings is 1. The smallest absolute Gasteiger partial charge is 0.294 e. The molecule has 2 aromatic rings. The maximum Gasteiger partial charge on any atom is 0.294 e. The number of anilines is 1. The first-order valence-electron chi connectivity index (χ1n) is 7.40. The van der Waals surface area contributed by atoms with Crippen molar-refractivity contribution in [3.05, 3.63) is 54.8 Å². The maximum absolute atomic E-state index is 12.4. The van der Waals surface area contributed by atoms with Crippen LogP contribution < -0.4 is 5.32 Å². The lowest BCUT2D eigenvalue weighted by atomic mass is 10.2. The summed E-state index contributed by atoms with van der Waals surface area (Å²) in [6.45, 7) is 1.57. The third kappa shape index (κ3) is 4.38. The third-order valence-electron chi connectivity index (χ3n) is 3.41. The monoisotopic (exact) mass is 546 g/mol. The van der Waals surface area contributed by atoms with Crippen molar-refractivity contribution in [2.45, 2.75) is 6.92 Å². The SMILES string of the molecule is Cc1cccc(NC(=O)CN2C(=O)S/C(=C\c3cc(Br)c(I)o3)C2=O)c1. The Bertz CT molecular complexity index is 921. The van der Waals surface area contributed by atoms with Gasteiger partial charge in [-0.25, -0.2) is 0 Å². The maximum atomic E-state index is 12.4. The molecule has 6 nitrogen and oxygen atoms in total. The molecule has 0 atom stereocenters. The number of imide groups is 1. The van der Waals surface area contributed by atoms with Gasteiger partial charge in [-0.15, -0.1) is 0 Å². The van der Waals surface area contributed by atoms with Crippen LogP contribution in [0.3, 0.4) is 0 Å². The van der Waals surface area contributed by atoms with E-state index in [2.05, 4.69) is 21.2 Å². The number of carbonyl (C=O) groups is 3. The highest BCUT2D eigenvalue weighted by atomic mass is 127. The average molecular weight is 547 g/mol. The molecule has 2 heterocycles. The molecule has 0 radical (unpaired) electrons. The highest BCUT2D eigenvalue weighted by Gasteiger charge is 2.36. The molecule has 1 aliphatic heterocycles. The van der Waals surface area contributed by atoms with E-state index in [0.717, 1.165) is 26.7 Å². The number of thioether (sulfide) groups is 1. The fourth-order valence-electron chi connectivity index (χ4n) is 2.27. The number of carbonyl (C=O) groups excluding carboxylic acids is 3. The van der Waals surface area contributed by atoms with Crippen molar-refractivity contribution in [2.75, 3.05) is 11.9 Å². The number of nitrogens with one attached hydrogen (secondary N) is 1. The predicted molar refractivity (Wildman–Crippen MR) is 112 cm³/mol. The van der Waals surface area contributed by atoms with Crippen LogP contribution >= 0.6 is 50.3 Å². The lowest BCUT2D eigenvalue weighted by Gasteiger charge is -2.12. The minimum absolute atomic E-state index is 0.219. The molecule has 0 spiro atoms. The number of amides is 3. The summed E-state index contributed by atoms with van der Waals surface area (Å²) in [5.41, 5.74) is 1.61. The molecule has 0 bridgehead atoms. The van der Waals surface area contributed by atoms with Crippen LogP contribution in [0.15, 0.2) is 44.1 Å². The van der Waals surface area contributed by atoms with Gasteiger partial charge in [-0.2, -0.15) is 0 Å². The fraction of sp³-hybridized carbons (Fsp3) is 0.118. The van der Waals surface area contributed by atoms with Gasteiger partial charge < -0.3 is 9.73 Å². The van der Waals surface area contributed by atoms with Crippen molar-refractivity contribution in [3.8, 4) is 0 Å². The second kappa shape index (κ2) is 7.97. The van der Waals surface area contributed by atoms with Gasteiger partial charge >= 0.3 is 0 Å². The van der Waals surface area contributed by atoms with Gasteiger partial charge in [-0.05, 0) is 58.4 Å². The zero-order chi connectivity index (χ0) is 18.8.